The summed E-state index contributed by atoms with van der Waals surface area (Å²) in [5.41, 5.74) is 5.24. The largest absolute Gasteiger partial charge is 0.478 e. The summed E-state index contributed by atoms with van der Waals surface area (Å²) < 4.78 is 0. The van der Waals surface area contributed by atoms with Crippen LogP contribution in [-0.2, 0) is 0 Å². The highest BCUT2D eigenvalue weighted by molar-refractivity contribution is 7.13. The van der Waals surface area contributed by atoms with Gasteiger partial charge in [0.05, 0.1) is 21.7 Å². The third kappa shape index (κ3) is 3.95. The lowest BCUT2D eigenvalue weighted by atomic mass is 9.96. The molecule has 0 aliphatic rings. The first kappa shape index (κ1) is 20.4. The van der Waals surface area contributed by atoms with Gasteiger partial charge in [-0.05, 0) is 31.5 Å². The molecular weight excluding hydrogens is 412 g/mol. The third-order valence-electron chi connectivity index (χ3n) is 5.05. The van der Waals surface area contributed by atoms with Gasteiger partial charge in [0, 0.05) is 28.1 Å². The molecule has 1 N–H and O–H groups in total. The number of hydrogen-bond donors (Lipinski definition) is 1. The normalized spacial score (nSPS) is 10.8. The minimum atomic E-state index is -1.15. The van der Waals surface area contributed by atoms with Gasteiger partial charge < -0.3 is 5.11 Å². The zero-order chi connectivity index (χ0) is 22.1. The Morgan fingerprint density at radius 2 is 1.74 bits per heavy atom. The second-order valence-corrected chi connectivity index (χ2v) is 8.05. The van der Waals surface area contributed by atoms with Gasteiger partial charge >= 0.3 is 5.97 Å². The molecule has 0 unspecified atom stereocenters. The molecule has 1 heterocycles. The Kier molecular flexibility index (Phi) is 5.35. The molecule has 0 aliphatic heterocycles. The Hall–Kier alpha value is -3.84. The van der Waals surface area contributed by atoms with Crippen LogP contribution < -0.4 is 0 Å². The van der Waals surface area contributed by atoms with Crippen LogP contribution >= 0.6 is 11.3 Å². The fraction of sp³-hybridized carbons (Fsp3) is 0.0833. The summed E-state index contributed by atoms with van der Waals surface area (Å²) in [6, 6.07) is 17.2. The topological polar surface area (TPSA) is 93.3 Å². The van der Waals surface area contributed by atoms with Crippen molar-refractivity contribution in [2.45, 2.75) is 13.8 Å². The minimum Gasteiger partial charge on any atom is -0.478 e. The molecule has 0 atom stereocenters. The SMILES string of the molecule is Cc1ccc(-c2csc(-c3ccc(-c4ccccc4[N+](=O)[O-])c(C(=O)O)c3)n2)c(C)c1. The number of thiazole rings is 1. The number of nitrogens with zero attached hydrogens (tertiary/aromatic N) is 2. The second-order valence-electron chi connectivity index (χ2n) is 7.20. The van der Waals surface area contributed by atoms with Crippen molar-refractivity contribution < 1.29 is 14.8 Å². The maximum Gasteiger partial charge on any atom is 0.336 e. The summed E-state index contributed by atoms with van der Waals surface area (Å²) in [4.78, 5) is 27.6. The molecule has 3 aromatic carbocycles. The summed E-state index contributed by atoms with van der Waals surface area (Å²) in [6.45, 7) is 4.07. The molecular formula is C24H18N2O4S. The number of carbonyl (C=O) groups is 1. The van der Waals surface area contributed by atoms with Crippen molar-refractivity contribution in [1.29, 1.82) is 0 Å². The predicted molar refractivity (Wildman–Crippen MR) is 122 cm³/mol. The number of nitro groups is 1. The van der Waals surface area contributed by atoms with E-state index >= 15 is 0 Å². The summed E-state index contributed by atoms with van der Waals surface area (Å²) in [6.07, 6.45) is 0. The number of aromatic nitrogens is 1. The fourth-order valence-electron chi connectivity index (χ4n) is 3.58. The van der Waals surface area contributed by atoms with Gasteiger partial charge in [-0.1, -0.05) is 48.0 Å². The Balaban J connectivity index is 1.79. The highest BCUT2D eigenvalue weighted by Crippen LogP contribution is 2.36. The van der Waals surface area contributed by atoms with Crippen LogP contribution in [0.15, 0.2) is 66.0 Å². The Bertz CT molecular complexity index is 1330. The molecule has 31 heavy (non-hydrogen) atoms. The van der Waals surface area contributed by atoms with E-state index in [9.17, 15) is 20.0 Å². The first-order valence-corrected chi connectivity index (χ1v) is 10.4. The summed E-state index contributed by atoms with van der Waals surface area (Å²) in [7, 11) is 0. The smallest absolute Gasteiger partial charge is 0.336 e. The Labute approximate surface area is 182 Å². The first-order chi connectivity index (χ1) is 14.8. The number of aromatic carboxylic acids is 1. The number of para-hydroxylation sites is 1. The van der Waals surface area contributed by atoms with E-state index in [4.69, 9.17) is 4.98 Å². The molecule has 6 nitrogen and oxygen atoms in total. The van der Waals surface area contributed by atoms with Crippen molar-refractivity contribution in [3.8, 4) is 33.0 Å². The van der Waals surface area contributed by atoms with E-state index in [1.165, 1.54) is 29.0 Å². The molecule has 0 saturated carbocycles. The van der Waals surface area contributed by atoms with Crippen LogP contribution in [0.1, 0.15) is 21.5 Å². The van der Waals surface area contributed by atoms with E-state index in [0.29, 0.717) is 16.1 Å². The number of nitro benzene ring substituents is 1. The Morgan fingerprint density at radius 3 is 2.45 bits per heavy atom. The molecule has 1 aromatic heterocycles. The zero-order valence-corrected chi connectivity index (χ0v) is 17.6. The lowest BCUT2D eigenvalue weighted by Gasteiger charge is -2.09. The molecule has 0 bridgehead atoms. The van der Waals surface area contributed by atoms with E-state index < -0.39 is 10.9 Å². The lowest BCUT2D eigenvalue weighted by molar-refractivity contribution is -0.384. The third-order valence-corrected chi connectivity index (χ3v) is 5.94. The second kappa shape index (κ2) is 8.12. The quantitative estimate of drug-likeness (QED) is 0.293. The Morgan fingerprint density at radius 1 is 1.00 bits per heavy atom. The molecule has 0 aliphatic carbocycles. The van der Waals surface area contributed by atoms with Crippen LogP contribution in [0.3, 0.4) is 0 Å². The van der Waals surface area contributed by atoms with Crippen molar-refractivity contribution in [3.05, 3.63) is 92.8 Å². The van der Waals surface area contributed by atoms with Crippen LogP contribution in [0.25, 0.3) is 33.0 Å². The van der Waals surface area contributed by atoms with Gasteiger partial charge in [0.25, 0.3) is 5.69 Å². The van der Waals surface area contributed by atoms with E-state index in [1.807, 2.05) is 31.4 Å². The van der Waals surface area contributed by atoms with Gasteiger partial charge in [-0.2, -0.15) is 0 Å². The highest BCUT2D eigenvalue weighted by Gasteiger charge is 2.21. The van der Waals surface area contributed by atoms with Gasteiger partial charge in [0.1, 0.15) is 5.01 Å². The van der Waals surface area contributed by atoms with Gasteiger partial charge in [-0.15, -0.1) is 11.3 Å². The highest BCUT2D eigenvalue weighted by atomic mass is 32.1. The average Bonchev–Trinajstić information content (AvgIpc) is 3.23. The van der Waals surface area contributed by atoms with Crippen molar-refractivity contribution in [3.63, 3.8) is 0 Å². The zero-order valence-electron chi connectivity index (χ0n) is 16.8. The van der Waals surface area contributed by atoms with Gasteiger partial charge in [-0.25, -0.2) is 9.78 Å². The molecule has 0 radical (unpaired) electrons. The van der Waals surface area contributed by atoms with Gasteiger partial charge in [0.15, 0.2) is 0 Å². The number of carboxylic acids is 1. The summed E-state index contributed by atoms with van der Waals surface area (Å²) in [5, 5.41) is 23.8. The van der Waals surface area contributed by atoms with E-state index in [1.54, 1.807) is 30.3 Å². The van der Waals surface area contributed by atoms with Crippen LogP contribution in [0.5, 0.6) is 0 Å². The predicted octanol–water partition coefficient (Wildman–Crippen LogP) is 6.37. The van der Waals surface area contributed by atoms with Gasteiger partial charge in [-0.3, -0.25) is 10.1 Å². The standard InChI is InChI=1S/C24H18N2O4S/c1-14-7-9-17(15(2)11-14)21-13-31-23(25-21)16-8-10-18(20(12-16)24(27)28)19-5-3-4-6-22(19)26(29)30/h3-13H,1-2H3,(H,27,28). The molecule has 0 saturated heterocycles. The molecule has 154 valence electrons. The van der Waals surface area contributed by atoms with Gasteiger partial charge in [0.2, 0.25) is 0 Å². The monoisotopic (exact) mass is 430 g/mol. The molecule has 0 spiro atoms. The molecule has 7 heteroatoms. The number of hydrogen-bond acceptors (Lipinski definition) is 5. The van der Waals surface area contributed by atoms with E-state index in [-0.39, 0.29) is 16.8 Å². The van der Waals surface area contributed by atoms with Crippen LogP contribution in [0.2, 0.25) is 0 Å². The van der Waals surface area contributed by atoms with Crippen LogP contribution in [0, 0.1) is 24.0 Å². The van der Waals surface area contributed by atoms with Crippen molar-refractivity contribution in [2.24, 2.45) is 0 Å². The fourth-order valence-corrected chi connectivity index (χ4v) is 4.40. The minimum absolute atomic E-state index is 0.00457. The molecule has 4 rings (SSSR count). The number of rotatable bonds is 5. The molecule has 0 fully saturated rings. The first-order valence-electron chi connectivity index (χ1n) is 9.50. The summed E-state index contributed by atoms with van der Waals surface area (Å²) >= 11 is 1.43. The number of aryl methyl sites for hydroxylation is 2. The lowest BCUT2D eigenvalue weighted by Crippen LogP contribution is -2.02. The maximum atomic E-state index is 12.0. The summed E-state index contributed by atoms with van der Waals surface area (Å²) in [5.74, 6) is -1.15. The van der Waals surface area contributed by atoms with Crippen molar-refractivity contribution in [1.82, 2.24) is 4.98 Å². The average molecular weight is 430 g/mol. The van der Waals surface area contributed by atoms with E-state index in [0.717, 1.165) is 16.8 Å². The molecule has 4 aromatic rings. The molecule has 0 amide bonds. The number of benzene rings is 3. The van der Waals surface area contributed by atoms with Crippen LogP contribution in [0.4, 0.5) is 5.69 Å². The van der Waals surface area contributed by atoms with Crippen molar-refractivity contribution >= 4 is 23.0 Å². The van der Waals surface area contributed by atoms with E-state index in [2.05, 4.69) is 6.07 Å². The van der Waals surface area contributed by atoms with Crippen LogP contribution in [-0.4, -0.2) is 21.0 Å². The maximum absolute atomic E-state index is 12.0. The van der Waals surface area contributed by atoms with Crippen molar-refractivity contribution in [2.75, 3.05) is 0 Å². The number of carboxylic acid groups (broad SMARTS) is 1.